The Morgan fingerprint density at radius 3 is 3.07 bits per heavy atom. The second-order valence-corrected chi connectivity index (χ2v) is 3.19. The van der Waals surface area contributed by atoms with Crippen LogP contribution in [0.5, 0.6) is 0 Å². The monoisotopic (exact) mass is 210 g/mol. The molecule has 1 aromatic heterocycles. The number of nitrogens with one attached hydrogen (secondary N) is 1. The fourth-order valence-electron chi connectivity index (χ4n) is 0.997. The number of halogens is 1. The van der Waals surface area contributed by atoms with Gasteiger partial charge in [-0.15, -0.1) is 6.58 Å². The first-order valence-corrected chi connectivity index (χ1v) is 4.54. The van der Waals surface area contributed by atoms with Gasteiger partial charge >= 0.3 is 0 Å². The van der Waals surface area contributed by atoms with Crippen molar-refractivity contribution in [2.45, 2.75) is 13.3 Å². The quantitative estimate of drug-likeness (QED) is 0.616. The van der Waals surface area contributed by atoms with E-state index >= 15 is 0 Å². The molecule has 0 aliphatic rings. The van der Waals surface area contributed by atoms with Gasteiger partial charge in [-0.05, 0) is 18.6 Å². The van der Waals surface area contributed by atoms with E-state index in [0.29, 0.717) is 10.8 Å². The molecule has 0 saturated heterocycles. The van der Waals surface area contributed by atoms with Crippen molar-refractivity contribution < 1.29 is 4.79 Å². The summed E-state index contributed by atoms with van der Waals surface area (Å²) in [6, 6.07) is 1.79. The van der Waals surface area contributed by atoms with Gasteiger partial charge in [0.05, 0.1) is 5.69 Å². The molecule has 0 radical (unpaired) electrons. The zero-order chi connectivity index (χ0) is 10.6. The molecular formula is C10H11ClN2O. The predicted octanol–water partition coefficient (Wildman–Crippen LogP) is 2.56. The molecule has 74 valence electrons. The Labute approximate surface area is 87.8 Å². The van der Waals surface area contributed by atoms with Crippen molar-refractivity contribution >= 4 is 23.2 Å². The minimum atomic E-state index is -0.141. The fraction of sp³-hybridized carbons (Fsp3) is 0.200. The van der Waals surface area contributed by atoms with Gasteiger partial charge < -0.3 is 5.32 Å². The van der Waals surface area contributed by atoms with E-state index in [1.807, 2.05) is 6.92 Å². The Kier molecular flexibility index (Phi) is 3.65. The molecule has 0 saturated carbocycles. The first-order valence-electron chi connectivity index (χ1n) is 4.17. The number of rotatable bonds is 3. The van der Waals surface area contributed by atoms with Crippen LogP contribution in [0.3, 0.4) is 0 Å². The highest BCUT2D eigenvalue weighted by Crippen LogP contribution is 2.22. The topological polar surface area (TPSA) is 42.0 Å². The van der Waals surface area contributed by atoms with Crippen LogP contribution in [0.25, 0.3) is 0 Å². The van der Waals surface area contributed by atoms with Gasteiger partial charge in [-0.2, -0.15) is 0 Å². The van der Waals surface area contributed by atoms with E-state index in [1.54, 1.807) is 12.3 Å². The summed E-state index contributed by atoms with van der Waals surface area (Å²) in [5.41, 5.74) is 1.46. The third-order valence-electron chi connectivity index (χ3n) is 1.71. The number of nitrogens with zero attached hydrogens (tertiary/aromatic N) is 1. The van der Waals surface area contributed by atoms with Gasteiger partial charge in [0.25, 0.3) is 0 Å². The van der Waals surface area contributed by atoms with Gasteiger partial charge in [0.15, 0.2) is 5.15 Å². The van der Waals surface area contributed by atoms with Gasteiger partial charge in [0.2, 0.25) is 5.91 Å². The van der Waals surface area contributed by atoms with E-state index in [9.17, 15) is 4.79 Å². The number of pyridine rings is 1. The van der Waals surface area contributed by atoms with E-state index in [2.05, 4.69) is 16.9 Å². The minimum Gasteiger partial charge on any atom is -0.323 e. The van der Waals surface area contributed by atoms with Crippen molar-refractivity contribution in [3.8, 4) is 0 Å². The Balaban J connectivity index is 2.85. The van der Waals surface area contributed by atoms with Crippen molar-refractivity contribution in [3.05, 3.63) is 35.6 Å². The first kappa shape index (κ1) is 10.7. The van der Waals surface area contributed by atoms with Crippen LogP contribution in [0.4, 0.5) is 5.69 Å². The number of hydrogen-bond acceptors (Lipinski definition) is 2. The van der Waals surface area contributed by atoms with Crippen molar-refractivity contribution in [1.82, 2.24) is 4.98 Å². The standard InChI is InChI=1S/C10H11ClN2O/c1-3-4-8(14)13-9-7(2)5-6-12-10(9)11/h3,5-6H,1,4H2,2H3,(H,13,14). The summed E-state index contributed by atoms with van der Waals surface area (Å²) >= 11 is 5.82. The highest BCUT2D eigenvalue weighted by molar-refractivity contribution is 6.32. The summed E-state index contributed by atoms with van der Waals surface area (Å²) in [4.78, 5) is 15.1. The summed E-state index contributed by atoms with van der Waals surface area (Å²) in [6.45, 7) is 5.34. The van der Waals surface area contributed by atoms with Crippen LogP contribution in [0, 0.1) is 6.92 Å². The number of anilines is 1. The second kappa shape index (κ2) is 4.77. The van der Waals surface area contributed by atoms with Gasteiger partial charge in [0.1, 0.15) is 0 Å². The Bertz CT molecular complexity index is 343. The minimum absolute atomic E-state index is 0.141. The van der Waals surface area contributed by atoms with Gasteiger partial charge in [-0.1, -0.05) is 17.7 Å². The smallest absolute Gasteiger partial charge is 0.228 e. The van der Waals surface area contributed by atoms with Crippen LogP contribution in [0.2, 0.25) is 5.15 Å². The summed E-state index contributed by atoms with van der Waals surface area (Å²) in [6.07, 6.45) is 3.40. The average molecular weight is 211 g/mol. The molecule has 1 heterocycles. The van der Waals surface area contributed by atoms with Crippen LogP contribution in [0.15, 0.2) is 24.9 Å². The Hall–Kier alpha value is -1.35. The number of aryl methyl sites for hydroxylation is 1. The van der Waals surface area contributed by atoms with Crippen LogP contribution < -0.4 is 5.32 Å². The molecule has 0 atom stereocenters. The van der Waals surface area contributed by atoms with Gasteiger partial charge in [-0.3, -0.25) is 4.79 Å². The fourth-order valence-corrected chi connectivity index (χ4v) is 1.25. The van der Waals surface area contributed by atoms with Crippen molar-refractivity contribution in [1.29, 1.82) is 0 Å². The molecule has 0 fully saturated rings. The maximum absolute atomic E-state index is 11.2. The van der Waals surface area contributed by atoms with Gasteiger partial charge in [0, 0.05) is 12.6 Å². The maximum atomic E-state index is 11.2. The zero-order valence-electron chi connectivity index (χ0n) is 7.88. The number of hydrogen-bond donors (Lipinski definition) is 1. The van der Waals surface area contributed by atoms with Crippen LogP contribution in [-0.4, -0.2) is 10.9 Å². The molecule has 0 aromatic carbocycles. The molecule has 0 spiro atoms. The first-order chi connectivity index (χ1) is 6.65. The van der Waals surface area contributed by atoms with Gasteiger partial charge in [-0.25, -0.2) is 4.98 Å². The van der Waals surface area contributed by atoms with E-state index in [0.717, 1.165) is 5.56 Å². The summed E-state index contributed by atoms with van der Waals surface area (Å²) in [7, 11) is 0. The van der Waals surface area contributed by atoms with Crippen molar-refractivity contribution in [2.75, 3.05) is 5.32 Å². The normalized spacial score (nSPS) is 9.57. The van der Waals surface area contributed by atoms with Crippen LogP contribution >= 0.6 is 11.6 Å². The molecule has 0 aliphatic heterocycles. The predicted molar refractivity (Wildman–Crippen MR) is 57.4 cm³/mol. The molecule has 1 N–H and O–H groups in total. The molecule has 0 unspecified atom stereocenters. The molecule has 4 heteroatoms. The highest BCUT2D eigenvalue weighted by atomic mass is 35.5. The Morgan fingerprint density at radius 1 is 1.79 bits per heavy atom. The largest absolute Gasteiger partial charge is 0.323 e. The number of carbonyl (C=O) groups excluding carboxylic acids is 1. The summed E-state index contributed by atoms with van der Waals surface area (Å²) in [5.74, 6) is -0.141. The summed E-state index contributed by atoms with van der Waals surface area (Å²) in [5, 5.41) is 2.98. The molecule has 1 aromatic rings. The molecule has 14 heavy (non-hydrogen) atoms. The van der Waals surface area contributed by atoms with Crippen LogP contribution in [0.1, 0.15) is 12.0 Å². The lowest BCUT2D eigenvalue weighted by Crippen LogP contribution is -2.11. The molecule has 0 bridgehead atoms. The molecular weight excluding hydrogens is 200 g/mol. The van der Waals surface area contributed by atoms with Crippen molar-refractivity contribution in [2.24, 2.45) is 0 Å². The lowest BCUT2D eigenvalue weighted by molar-refractivity contribution is -0.115. The number of carbonyl (C=O) groups is 1. The maximum Gasteiger partial charge on any atom is 0.228 e. The van der Waals surface area contributed by atoms with Crippen molar-refractivity contribution in [3.63, 3.8) is 0 Å². The number of amides is 1. The highest BCUT2D eigenvalue weighted by Gasteiger charge is 2.07. The third kappa shape index (κ3) is 2.57. The SMILES string of the molecule is C=CCC(=O)Nc1c(C)ccnc1Cl. The lowest BCUT2D eigenvalue weighted by Gasteiger charge is -2.07. The zero-order valence-corrected chi connectivity index (χ0v) is 8.64. The van der Waals surface area contributed by atoms with E-state index in [4.69, 9.17) is 11.6 Å². The average Bonchev–Trinajstić information content (AvgIpc) is 2.12. The molecule has 1 rings (SSSR count). The Morgan fingerprint density at radius 2 is 2.50 bits per heavy atom. The van der Waals surface area contributed by atoms with E-state index < -0.39 is 0 Å². The number of aromatic nitrogens is 1. The molecule has 0 aliphatic carbocycles. The van der Waals surface area contributed by atoms with E-state index in [-0.39, 0.29) is 12.3 Å². The second-order valence-electron chi connectivity index (χ2n) is 2.83. The van der Waals surface area contributed by atoms with Crippen LogP contribution in [-0.2, 0) is 4.79 Å². The molecule has 3 nitrogen and oxygen atoms in total. The summed E-state index contributed by atoms with van der Waals surface area (Å²) < 4.78 is 0. The third-order valence-corrected chi connectivity index (χ3v) is 1.99. The molecule has 1 amide bonds. The van der Waals surface area contributed by atoms with E-state index in [1.165, 1.54) is 6.08 Å². The lowest BCUT2D eigenvalue weighted by atomic mass is 10.2.